The Morgan fingerprint density at radius 1 is 1.39 bits per heavy atom. The van der Waals surface area contributed by atoms with Gasteiger partial charge in [0.2, 0.25) is 0 Å². The molecule has 1 aromatic rings. The highest BCUT2D eigenvalue weighted by molar-refractivity contribution is 7.91. The van der Waals surface area contributed by atoms with E-state index in [0.29, 0.717) is 30.2 Å². The molecule has 0 aromatic heterocycles. The van der Waals surface area contributed by atoms with Crippen molar-refractivity contribution in [2.45, 2.75) is 17.4 Å². The molecule has 2 rings (SSSR count). The van der Waals surface area contributed by atoms with Gasteiger partial charge in [-0.25, -0.2) is 8.42 Å². The molecule has 1 aliphatic heterocycles. The second kappa shape index (κ2) is 4.87. The Bertz CT molecular complexity index is 524. The van der Waals surface area contributed by atoms with Gasteiger partial charge >= 0.3 is 0 Å². The molecule has 0 atom stereocenters. The van der Waals surface area contributed by atoms with Gasteiger partial charge in [0.1, 0.15) is 5.60 Å². The Labute approximate surface area is 107 Å². The Balaban J connectivity index is 2.18. The van der Waals surface area contributed by atoms with E-state index in [2.05, 4.69) is 10.6 Å². The molecule has 0 saturated carbocycles. The first kappa shape index (κ1) is 13.3. The van der Waals surface area contributed by atoms with Gasteiger partial charge in [-0.2, -0.15) is 0 Å². The molecule has 0 unspecified atom stereocenters. The van der Waals surface area contributed by atoms with Gasteiger partial charge in [-0.15, -0.1) is 0 Å². The van der Waals surface area contributed by atoms with Crippen molar-refractivity contribution >= 4 is 15.5 Å². The molecule has 1 aromatic carbocycles. The third kappa shape index (κ3) is 2.66. The van der Waals surface area contributed by atoms with E-state index in [9.17, 15) is 13.5 Å². The van der Waals surface area contributed by atoms with Crippen molar-refractivity contribution in [3.63, 3.8) is 0 Å². The summed E-state index contributed by atoms with van der Waals surface area (Å²) in [4.78, 5) is 0.295. The summed E-state index contributed by atoms with van der Waals surface area (Å²) in [6.45, 7) is 3.02. The number of sulfone groups is 1. The molecule has 1 fully saturated rings. The average molecular weight is 270 g/mol. The molecule has 0 spiro atoms. The number of aliphatic hydroxyl groups is 1. The number of rotatable bonds is 5. The lowest BCUT2D eigenvalue weighted by Gasteiger charge is -2.38. The third-order valence-corrected chi connectivity index (χ3v) is 4.90. The molecule has 18 heavy (non-hydrogen) atoms. The van der Waals surface area contributed by atoms with Crippen LogP contribution in [0.1, 0.15) is 6.92 Å². The van der Waals surface area contributed by atoms with Crippen molar-refractivity contribution in [2.75, 3.05) is 30.7 Å². The predicted octanol–water partition coefficient (Wildman–Crippen LogP) is 0.226. The molecule has 1 aliphatic rings. The number of para-hydroxylation sites is 1. The normalized spacial score (nSPS) is 18.1. The van der Waals surface area contributed by atoms with Crippen LogP contribution in [0.25, 0.3) is 0 Å². The molecule has 1 heterocycles. The van der Waals surface area contributed by atoms with Crippen molar-refractivity contribution in [1.82, 2.24) is 5.32 Å². The Morgan fingerprint density at radius 2 is 2.06 bits per heavy atom. The fourth-order valence-corrected chi connectivity index (χ4v) is 2.91. The molecular formula is C12H18N2O3S. The zero-order chi connectivity index (χ0) is 13.2. The molecule has 1 saturated heterocycles. The van der Waals surface area contributed by atoms with Crippen molar-refractivity contribution in [1.29, 1.82) is 0 Å². The van der Waals surface area contributed by atoms with Gasteiger partial charge in [0.15, 0.2) is 9.84 Å². The lowest BCUT2D eigenvalue weighted by molar-refractivity contribution is 0.00308. The standard InChI is InChI=1S/C12H18N2O3S/c1-2-18(16,17)11-6-4-3-5-10(11)14-9-12(15)7-13-8-12/h3-6,13-15H,2,7-9H2,1H3. The summed E-state index contributed by atoms with van der Waals surface area (Å²) < 4.78 is 23.8. The van der Waals surface area contributed by atoms with E-state index in [0.717, 1.165) is 0 Å². The zero-order valence-corrected chi connectivity index (χ0v) is 11.1. The van der Waals surface area contributed by atoms with Gasteiger partial charge in [-0.1, -0.05) is 19.1 Å². The van der Waals surface area contributed by atoms with E-state index >= 15 is 0 Å². The van der Waals surface area contributed by atoms with Gasteiger partial charge in [0.25, 0.3) is 0 Å². The number of nitrogens with one attached hydrogen (secondary N) is 2. The van der Waals surface area contributed by atoms with E-state index < -0.39 is 15.4 Å². The summed E-state index contributed by atoms with van der Waals surface area (Å²) in [7, 11) is -3.24. The van der Waals surface area contributed by atoms with Crippen molar-refractivity contribution in [3.05, 3.63) is 24.3 Å². The summed E-state index contributed by atoms with van der Waals surface area (Å²) in [6.07, 6.45) is 0. The molecular weight excluding hydrogens is 252 g/mol. The largest absolute Gasteiger partial charge is 0.385 e. The Kier molecular flexibility index (Phi) is 3.61. The smallest absolute Gasteiger partial charge is 0.180 e. The number of β-amino-alcohol motifs (C(OH)–C–C–N with tert-alkyl or cyclic N) is 1. The first-order chi connectivity index (χ1) is 8.47. The molecule has 0 bridgehead atoms. The number of hydrogen-bond donors (Lipinski definition) is 3. The summed E-state index contributed by atoms with van der Waals surface area (Å²) in [5.74, 6) is 0.0670. The second-order valence-corrected chi connectivity index (χ2v) is 6.83. The van der Waals surface area contributed by atoms with Crippen molar-refractivity contribution in [3.8, 4) is 0 Å². The van der Waals surface area contributed by atoms with Crippen LogP contribution in [0.2, 0.25) is 0 Å². The highest BCUT2D eigenvalue weighted by atomic mass is 32.2. The third-order valence-electron chi connectivity index (χ3n) is 3.12. The van der Waals surface area contributed by atoms with Crippen LogP contribution in [0.4, 0.5) is 5.69 Å². The van der Waals surface area contributed by atoms with E-state index in [1.54, 1.807) is 31.2 Å². The van der Waals surface area contributed by atoms with E-state index in [1.165, 1.54) is 0 Å². The molecule has 100 valence electrons. The van der Waals surface area contributed by atoms with Crippen molar-refractivity contribution in [2.24, 2.45) is 0 Å². The minimum atomic E-state index is -3.24. The Hall–Kier alpha value is -1.11. The minimum absolute atomic E-state index is 0.0670. The van der Waals surface area contributed by atoms with Crippen LogP contribution in [-0.4, -0.2) is 44.5 Å². The van der Waals surface area contributed by atoms with Crippen LogP contribution >= 0.6 is 0 Å². The highest BCUT2D eigenvalue weighted by Crippen LogP contribution is 2.23. The monoisotopic (exact) mass is 270 g/mol. The van der Waals surface area contributed by atoms with E-state index in [4.69, 9.17) is 0 Å². The minimum Gasteiger partial charge on any atom is -0.385 e. The molecule has 0 radical (unpaired) electrons. The van der Waals surface area contributed by atoms with Crippen LogP contribution < -0.4 is 10.6 Å². The highest BCUT2D eigenvalue weighted by Gasteiger charge is 2.34. The van der Waals surface area contributed by atoms with Gasteiger partial charge in [-0.05, 0) is 12.1 Å². The van der Waals surface area contributed by atoms with Crippen LogP contribution in [-0.2, 0) is 9.84 Å². The van der Waals surface area contributed by atoms with Gasteiger partial charge in [0.05, 0.1) is 16.3 Å². The fourth-order valence-electron chi connectivity index (χ4n) is 1.84. The van der Waals surface area contributed by atoms with Gasteiger partial charge in [-0.3, -0.25) is 0 Å². The maximum atomic E-state index is 11.9. The number of hydrogen-bond acceptors (Lipinski definition) is 5. The topological polar surface area (TPSA) is 78.4 Å². The maximum absolute atomic E-state index is 11.9. The van der Waals surface area contributed by atoms with Crippen molar-refractivity contribution < 1.29 is 13.5 Å². The molecule has 0 amide bonds. The first-order valence-corrected chi connectivity index (χ1v) is 7.61. The predicted molar refractivity (Wildman–Crippen MR) is 70.5 cm³/mol. The SMILES string of the molecule is CCS(=O)(=O)c1ccccc1NCC1(O)CNC1. The van der Waals surface area contributed by atoms with Gasteiger partial charge < -0.3 is 15.7 Å². The quantitative estimate of drug-likeness (QED) is 0.714. The van der Waals surface area contributed by atoms with Crippen LogP contribution in [0.15, 0.2) is 29.2 Å². The number of benzene rings is 1. The first-order valence-electron chi connectivity index (χ1n) is 5.96. The number of anilines is 1. The average Bonchev–Trinajstić information content (AvgIpc) is 2.34. The summed E-state index contributed by atoms with van der Waals surface area (Å²) in [5.41, 5.74) is -0.219. The van der Waals surface area contributed by atoms with Crippen LogP contribution in [0.5, 0.6) is 0 Å². The zero-order valence-electron chi connectivity index (χ0n) is 10.3. The lowest BCUT2D eigenvalue weighted by atomic mass is 9.97. The summed E-state index contributed by atoms with van der Waals surface area (Å²) in [6, 6.07) is 6.79. The van der Waals surface area contributed by atoms with Crippen LogP contribution in [0.3, 0.4) is 0 Å². The maximum Gasteiger partial charge on any atom is 0.180 e. The molecule has 3 N–H and O–H groups in total. The summed E-state index contributed by atoms with van der Waals surface area (Å²) >= 11 is 0. The van der Waals surface area contributed by atoms with Gasteiger partial charge in [0, 0.05) is 19.6 Å². The molecule has 5 nitrogen and oxygen atoms in total. The van der Waals surface area contributed by atoms with E-state index in [1.807, 2.05) is 0 Å². The lowest BCUT2D eigenvalue weighted by Crippen LogP contribution is -2.63. The summed E-state index contributed by atoms with van der Waals surface area (Å²) in [5, 5.41) is 16.0. The molecule has 0 aliphatic carbocycles. The van der Waals surface area contributed by atoms with E-state index in [-0.39, 0.29) is 5.75 Å². The molecule has 6 heteroatoms. The Morgan fingerprint density at radius 3 is 2.61 bits per heavy atom. The second-order valence-electron chi connectivity index (χ2n) is 4.58. The fraction of sp³-hybridized carbons (Fsp3) is 0.500. The van der Waals surface area contributed by atoms with Crippen LogP contribution in [0, 0.1) is 0 Å².